The third-order valence-electron chi connectivity index (χ3n) is 7.62. The van der Waals surface area contributed by atoms with Gasteiger partial charge in [0.1, 0.15) is 11.7 Å². The molecular weight excluding hydrogens is 553 g/mol. The highest BCUT2D eigenvalue weighted by Gasteiger charge is 2.64. The van der Waals surface area contributed by atoms with Gasteiger partial charge >= 0.3 is 18.1 Å². The molecule has 2 aromatic rings. The van der Waals surface area contributed by atoms with Crippen LogP contribution in [0.5, 0.6) is 0 Å². The minimum Gasteiger partial charge on any atom is -0.472 e. The molecule has 0 amide bonds. The Morgan fingerprint density at radius 3 is 2.45 bits per heavy atom. The van der Waals surface area contributed by atoms with Gasteiger partial charge in [0.2, 0.25) is 0 Å². The van der Waals surface area contributed by atoms with Crippen LogP contribution in [0.3, 0.4) is 0 Å². The zero-order valence-electron chi connectivity index (χ0n) is 24.4. The van der Waals surface area contributed by atoms with E-state index >= 15 is 0 Å². The fourth-order valence-corrected chi connectivity index (χ4v) is 5.08. The second-order valence-corrected chi connectivity index (χ2v) is 11.0. The summed E-state index contributed by atoms with van der Waals surface area (Å²) in [5, 5.41) is 10.7. The molecule has 0 radical (unpaired) electrons. The third kappa shape index (κ3) is 8.13. The molecule has 0 bridgehead atoms. The van der Waals surface area contributed by atoms with E-state index in [1.165, 1.54) is 24.3 Å². The summed E-state index contributed by atoms with van der Waals surface area (Å²) in [4.78, 5) is 25.0. The van der Waals surface area contributed by atoms with E-state index in [0.29, 0.717) is 31.3 Å². The summed E-state index contributed by atoms with van der Waals surface area (Å²) >= 11 is 0. The van der Waals surface area contributed by atoms with Crippen molar-refractivity contribution in [3.63, 3.8) is 0 Å². The highest BCUT2D eigenvalue weighted by atomic mass is 19.4. The quantitative estimate of drug-likeness (QED) is 0.192. The van der Waals surface area contributed by atoms with Gasteiger partial charge in [-0.2, -0.15) is 13.2 Å². The minimum absolute atomic E-state index is 0.152. The topological polar surface area (TPSA) is 95.2 Å². The Morgan fingerprint density at radius 2 is 1.88 bits per heavy atom. The van der Waals surface area contributed by atoms with Crippen LogP contribution in [0.15, 0.2) is 76.6 Å². The number of aliphatic hydroxyl groups excluding tert-OH is 1. The van der Waals surface area contributed by atoms with Crippen molar-refractivity contribution in [1.82, 2.24) is 0 Å². The van der Waals surface area contributed by atoms with Gasteiger partial charge in [0.15, 0.2) is 0 Å². The SMILES string of the molecule is CO[C@](C(=O)O[C@H](/C=C(\C)CC[C@@H](O)[C@]1(C)CCC(=O)O1)C/C(C)=C/CCc1ccoc1)(c1ccccc1)C(F)(F)F. The molecule has 1 N–H and O–H groups in total. The number of benzene rings is 1. The molecule has 3 rings (SSSR count). The number of alkyl halides is 3. The van der Waals surface area contributed by atoms with E-state index in [4.69, 9.17) is 18.6 Å². The number of methoxy groups -OCH3 is 1. The lowest BCUT2D eigenvalue weighted by molar-refractivity contribution is -0.277. The molecule has 1 fully saturated rings. The highest BCUT2D eigenvalue weighted by Crippen LogP contribution is 2.43. The van der Waals surface area contributed by atoms with Gasteiger partial charge in [0.05, 0.1) is 18.6 Å². The number of aryl methyl sites for hydroxylation is 1. The molecule has 4 atom stereocenters. The summed E-state index contributed by atoms with van der Waals surface area (Å²) in [5.41, 5.74) is -2.17. The number of carbonyl (C=O) groups is 2. The highest BCUT2D eigenvalue weighted by molar-refractivity contribution is 5.83. The van der Waals surface area contributed by atoms with Gasteiger partial charge in [-0.15, -0.1) is 0 Å². The number of hydrogen-bond acceptors (Lipinski definition) is 7. The summed E-state index contributed by atoms with van der Waals surface area (Å²) in [6.45, 7) is 5.25. The minimum atomic E-state index is -5.10. The van der Waals surface area contributed by atoms with Gasteiger partial charge in [0, 0.05) is 25.5 Å². The number of carbonyl (C=O) groups excluding carboxylic acids is 2. The molecule has 1 aromatic heterocycles. The number of furan rings is 1. The molecule has 7 nitrogen and oxygen atoms in total. The second-order valence-electron chi connectivity index (χ2n) is 11.0. The van der Waals surface area contributed by atoms with Crippen LogP contribution in [0.25, 0.3) is 0 Å². The first-order valence-electron chi connectivity index (χ1n) is 13.9. The number of ether oxygens (including phenoxy) is 3. The maximum atomic E-state index is 14.5. The van der Waals surface area contributed by atoms with Crippen molar-refractivity contribution in [3.05, 3.63) is 83.3 Å². The van der Waals surface area contributed by atoms with Crippen molar-refractivity contribution in [1.29, 1.82) is 0 Å². The van der Waals surface area contributed by atoms with Gasteiger partial charge in [0.25, 0.3) is 5.60 Å². The van der Waals surface area contributed by atoms with E-state index in [-0.39, 0.29) is 30.8 Å². The summed E-state index contributed by atoms with van der Waals surface area (Å²) in [6.07, 6.45) is 2.45. The Hall–Kier alpha value is -3.37. The molecule has 2 heterocycles. The Balaban J connectivity index is 1.82. The zero-order chi connectivity index (χ0) is 31.0. The lowest BCUT2D eigenvalue weighted by Gasteiger charge is -2.33. The molecule has 230 valence electrons. The molecule has 42 heavy (non-hydrogen) atoms. The Kier molecular flexibility index (Phi) is 11.2. The molecule has 1 saturated heterocycles. The molecule has 10 heteroatoms. The van der Waals surface area contributed by atoms with Gasteiger partial charge in [-0.1, -0.05) is 47.6 Å². The number of halogens is 3. The Labute approximate surface area is 244 Å². The van der Waals surface area contributed by atoms with Crippen LogP contribution in [-0.2, 0) is 35.8 Å². The van der Waals surface area contributed by atoms with Crippen molar-refractivity contribution < 1.29 is 46.5 Å². The fraction of sp³-hybridized carbons (Fsp3) is 0.500. The summed E-state index contributed by atoms with van der Waals surface area (Å²) in [5.74, 6) is -1.94. The molecule has 1 aliphatic heterocycles. The molecule has 0 unspecified atom stereocenters. The van der Waals surface area contributed by atoms with Gasteiger partial charge in [-0.05, 0) is 70.6 Å². The second kappa shape index (κ2) is 14.2. The number of hydrogen-bond donors (Lipinski definition) is 1. The first-order chi connectivity index (χ1) is 19.8. The number of aliphatic hydroxyl groups is 1. The Bertz CT molecular complexity index is 1240. The van der Waals surface area contributed by atoms with E-state index < -0.39 is 35.6 Å². The number of allylic oxidation sites excluding steroid dienone is 2. The number of rotatable bonds is 14. The molecule has 1 aliphatic rings. The van der Waals surface area contributed by atoms with Crippen LogP contribution in [0.1, 0.15) is 70.4 Å². The lowest BCUT2D eigenvalue weighted by Crippen LogP contribution is -2.52. The van der Waals surface area contributed by atoms with E-state index in [1.807, 2.05) is 19.1 Å². The monoisotopic (exact) mass is 592 g/mol. The summed E-state index contributed by atoms with van der Waals surface area (Å²) in [6, 6.07) is 8.53. The molecule has 0 spiro atoms. The predicted molar refractivity (Wildman–Crippen MR) is 149 cm³/mol. The van der Waals surface area contributed by atoms with E-state index in [0.717, 1.165) is 18.2 Å². The summed E-state index contributed by atoms with van der Waals surface area (Å²) < 4.78 is 64.3. The smallest absolute Gasteiger partial charge is 0.432 e. The van der Waals surface area contributed by atoms with Crippen molar-refractivity contribution in [2.24, 2.45) is 0 Å². The van der Waals surface area contributed by atoms with E-state index in [9.17, 15) is 27.9 Å². The first-order valence-corrected chi connectivity index (χ1v) is 13.9. The van der Waals surface area contributed by atoms with Crippen LogP contribution in [0.2, 0.25) is 0 Å². The average molecular weight is 593 g/mol. The molecule has 0 aliphatic carbocycles. The van der Waals surface area contributed by atoms with Gasteiger partial charge in [-0.25, -0.2) is 4.79 Å². The average Bonchev–Trinajstić information content (AvgIpc) is 3.57. The van der Waals surface area contributed by atoms with E-state index in [1.54, 1.807) is 38.5 Å². The van der Waals surface area contributed by atoms with Crippen molar-refractivity contribution in [2.75, 3.05) is 7.11 Å². The van der Waals surface area contributed by atoms with Crippen LogP contribution in [0, 0.1) is 0 Å². The van der Waals surface area contributed by atoms with Crippen LogP contribution in [-0.4, -0.2) is 48.1 Å². The largest absolute Gasteiger partial charge is 0.472 e. The number of esters is 2. The lowest BCUT2D eigenvalue weighted by atomic mass is 9.91. The standard InChI is InChI=1S/C32H39F3O7/c1-22(9-8-10-24-16-18-40-21-24)19-26(20-23(2)13-14-27(36)30(3)17-15-28(37)42-30)41-29(38)31(39-4,32(33,34)35)25-11-6-5-7-12-25/h5-7,9,11-12,16,18,20-21,26-27,36H,8,10,13-15,17,19H2,1-4H3/b22-9+,23-20+/t26-,27+,30-,31-/m0/s1. The van der Waals surface area contributed by atoms with Gasteiger partial charge in [-0.3, -0.25) is 4.79 Å². The van der Waals surface area contributed by atoms with Crippen molar-refractivity contribution in [2.45, 2.75) is 95.3 Å². The van der Waals surface area contributed by atoms with Crippen LogP contribution >= 0.6 is 0 Å². The third-order valence-corrected chi connectivity index (χ3v) is 7.62. The fourth-order valence-electron chi connectivity index (χ4n) is 5.08. The normalized spacial score (nSPS) is 21.0. The summed E-state index contributed by atoms with van der Waals surface area (Å²) in [7, 11) is 0.830. The van der Waals surface area contributed by atoms with Crippen molar-refractivity contribution in [3.8, 4) is 0 Å². The van der Waals surface area contributed by atoms with E-state index in [2.05, 4.69) is 0 Å². The molecule has 0 saturated carbocycles. The molecular formula is C32H39F3O7. The predicted octanol–water partition coefficient (Wildman–Crippen LogP) is 6.75. The zero-order valence-corrected chi connectivity index (χ0v) is 24.4. The van der Waals surface area contributed by atoms with Crippen LogP contribution in [0.4, 0.5) is 13.2 Å². The van der Waals surface area contributed by atoms with Crippen LogP contribution < -0.4 is 0 Å². The van der Waals surface area contributed by atoms with Gasteiger partial charge < -0.3 is 23.7 Å². The maximum absolute atomic E-state index is 14.5. The maximum Gasteiger partial charge on any atom is 0.432 e. The Morgan fingerprint density at radius 1 is 1.17 bits per heavy atom. The first kappa shape index (κ1) is 33.1. The molecule has 1 aromatic carbocycles. The number of cyclic esters (lactones) is 1. The van der Waals surface area contributed by atoms with Crippen molar-refractivity contribution >= 4 is 11.9 Å².